The quantitative estimate of drug-likeness (QED) is 0.141. The third kappa shape index (κ3) is 4.62. The fraction of sp³-hybridized carbons (Fsp3) is 0. The molecular formula is C46H28N2S. The third-order valence-electron chi connectivity index (χ3n) is 9.34. The first-order valence-corrected chi connectivity index (χ1v) is 17.1. The lowest BCUT2D eigenvalue weighted by atomic mass is 9.89. The lowest BCUT2D eigenvalue weighted by Crippen LogP contribution is -1.96. The normalized spacial score (nSPS) is 12.8. The van der Waals surface area contributed by atoms with Crippen molar-refractivity contribution in [2.24, 2.45) is 0 Å². The molecule has 2 aromatic heterocycles. The molecular weight excluding hydrogens is 613 g/mol. The van der Waals surface area contributed by atoms with Crippen molar-refractivity contribution in [1.82, 2.24) is 9.97 Å². The summed E-state index contributed by atoms with van der Waals surface area (Å²) in [5, 5.41) is 8.19. The Kier molecular flexibility index (Phi) is 5.51. The van der Waals surface area contributed by atoms with Gasteiger partial charge in [-0.2, -0.15) is 0 Å². The third-order valence-corrected chi connectivity index (χ3v) is 10.6. The highest BCUT2D eigenvalue weighted by molar-refractivity contribution is 7.26. The van der Waals surface area contributed by atoms with E-state index in [1.54, 1.807) is 11.3 Å². The van der Waals surface area contributed by atoms with Gasteiger partial charge in [0.1, 0.15) is 0 Å². The van der Waals surface area contributed by atoms with Crippen LogP contribution in [0.3, 0.4) is 0 Å². The SMILES string of the molecule is [2H]c1c([2H])c(-c2c3ccccc3cc3c2ccc2ccccc23)c([2H])c([2H])c1-c1cc(-c2cccc3c2sc2ccccc23)nc(-c2ccccc2)n1. The van der Waals surface area contributed by atoms with Gasteiger partial charge >= 0.3 is 0 Å². The van der Waals surface area contributed by atoms with Gasteiger partial charge in [-0.15, -0.1) is 11.3 Å². The molecule has 10 rings (SSSR count). The van der Waals surface area contributed by atoms with E-state index in [1.165, 1.54) is 10.1 Å². The molecule has 49 heavy (non-hydrogen) atoms. The Morgan fingerprint density at radius 2 is 1.10 bits per heavy atom. The van der Waals surface area contributed by atoms with E-state index in [4.69, 9.17) is 9.97 Å². The van der Waals surface area contributed by atoms with Crippen LogP contribution >= 0.6 is 11.3 Å². The smallest absolute Gasteiger partial charge is 0.160 e. The van der Waals surface area contributed by atoms with Crippen molar-refractivity contribution in [3.63, 3.8) is 0 Å². The van der Waals surface area contributed by atoms with Gasteiger partial charge in [-0.1, -0.05) is 152 Å². The van der Waals surface area contributed by atoms with E-state index in [-0.39, 0.29) is 35.3 Å². The summed E-state index contributed by atoms with van der Waals surface area (Å²) in [6.07, 6.45) is 0. The first kappa shape index (κ1) is 24.1. The summed E-state index contributed by atoms with van der Waals surface area (Å²) in [6.45, 7) is 0. The molecule has 0 N–H and O–H groups in total. The van der Waals surface area contributed by atoms with E-state index in [0.717, 1.165) is 53.5 Å². The Morgan fingerprint density at radius 3 is 1.96 bits per heavy atom. The number of hydrogen-bond donors (Lipinski definition) is 0. The van der Waals surface area contributed by atoms with Gasteiger partial charge in [-0.05, 0) is 61.6 Å². The van der Waals surface area contributed by atoms with Crippen molar-refractivity contribution in [2.75, 3.05) is 0 Å². The molecule has 0 bridgehead atoms. The van der Waals surface area contributed by atoms with Gasteiger partial charge in [-0.3, -0.25) is 0 Å². The van der Waals surface area contributed by atoms with Gasteiger partial charge in [0.25, 0.3) is 0 Å². The lowest BCUT2D eigenvalue weighted by molar-refractivity contribution is 1.19. The van der Waals surface area contributed by atoms with Crippen LogP contribution in [0.15, 0.2) is 170 Å². The highest BCUT2D eigenvalue weighted by Crippen LogP contribution is 2.42. The van der Waals surface area contributed by atoms with Gasteiger partial charge in [-0.25, -0.2) is 9.97 Å². The molecule has 0 saturated heterocycles. The second-order valence-corrected chi connectivity index (χ2v) is 13.3. The Balaban J connectivity index is 1.25. The van der Waals surface area contributed by atoms with E-state index >= 15 is 0 Å². The molecule has 0 atom stereocenters. The van der Waals surface area contributed by atoms with Gasteiger partial charge < -0.3 is 0 Å². The second-order valence-electron chi connectivity index (χ2n) is 12.2. The van der Waals surface area contributed by atoms with E-state index in [1.807, 2.05) is 103 Å². The minimum absolute atomic E-state index is 0.111. The summed E-state index contributed by atoms with van der Waals surface area (Å²) >= 11 is 1.71. The average molecular weight is 645 g/mol. The fourth-order valence-corrected chi connectivity index (χ4v) is 8.26. The highest BCUT2D eigenvalue weighted by Gasteiger charge is 2.16. The summed E-state index contributed by atoms with van der Waals surface area (Å²) in [6, 6.07) is 48.0. The number of aromatic nitrogens is 2. The van der Waals surface area contributed by atoms with Gasteiger partial charge in [0.05, 0.1) is 16.9 Å². The van der Waals surface area contributed by atoms with Gasteiger partial charge in [0.15, 0.2) is 5.82 Å². The molecule has 0 spiro atoms. The van der Waals surface area contributed by atoms with Crippen LogP contribution in [-0.2, 0) is 0 Å². The standard InChI is InChI=1S/C46H28N2S/c1-2-12-32(13-3-1)46-47-41(28-42(48-46)39-19-10-18-38-36-17-8-9-20-43(36)49-45(38)39)30-21-23-31(24-22-30)44-35-16-7-5-14-33(35)27-40-34-15-6-4-11-29(34)25-26-37(40)44/h1-28H/i21D,22D,23D,24D. The topological polar surface area (TPSA) is 25.8 Å². The molecule has 10 aromatic rings. The van der Waals surface area contributed by atoms with E-state index in [9.17, 15) is 5.48 Å². The predicted molar refractivity (Wildman–Crippen MR) is 209 cm³/mol. The summed E-state index contributed by atoms with van der Waals surface area (Å²) < 4.78 is 40.4. The molecule has 0 amide bonds. The summed E-state index contributed by atoms with van der Waals surface area (Å²) in [5.74, 6) is 0.448. The van der Waals surface area contributed by atoms with E-state index in [2.05, 4.69) is 42.5 Å². The predicted octanol–water partition coefficient (Wildman–Crippen LogP) is 13.0. The number of rotatable bonds is 4. The molecule has 0 aliphatic rings. The number of thiophene rings is 1. The van der Waals surface area contributed by atoms with Crippen molar-refractivity contribution >= 4 is 63.8 Å². The molecule has 0 aliphatic heterocycles. The summed E-state index contributed by atoms with van der Waals surface area (Å²) in [4.78, 5) is 10.0. The minimum Gasteiger partial charge on any atom is -0.228 e. The van der Waals surface area contributed by atoms with Crippen molar-refractivity contribution < 1.29 is 5.48 Å². The molecule has 0 saturated carbocycles. The zero-order valence-corrected chi connectivity index (χ0v) is 27.0. The Labute approximate surface area is 293 Å². The van der Waals surface area contributed by atoms with Crippen LogP contribution in [0.25, 0.3) is 97.5 Å². The van der Waals surface area contributed by atoms with E-state index in [0.29, 0.717) is 22.8 Å². The van der Waals surface area contributed by atoms with Crippen molar-refractivity contribution in [2.45, 2.75) is 0 Å². The number of benzene rings is 8. The fourth-order valence-electron chi connectivity index (χ4n) is 7.03. The molecule has 0 unspecified atom stereocenters. The van der Waals surface area contributed by atoms with Crippen LogP contribution in [0.4, 0.5) is 0 Å². The molecule has 3 heteroatoms. The monoisotopic (exact) mass is 644 g/mol. The zero-order chi connectivity index (χ0) is 35.8. The average Bonchev–Trinajstić information content (AvgIpc) is 3.59. The maximum atomic E-state index is 9.55. The molecule has 2 heterocycles. The molecule has 0 fully saturated rings. The maximum absolute atomic E-state index is 9.55. The van der Waals surface area contributed by atoms with Crippen molar-refractivity contribution in [3.05, 3.63) is 170 Å². The van der Waals surface area contributed by atoms with Crippen LogP contribution < -0.4 is 0 Å². The maximum Gasteiger partial charge on any atom is 0.160 e. The second kappa shape index (κ2) is 11.2. The molecule has 8 aromatic carbocycles. The highest BCUT2D eigenvalue weighted by atomic mass is 32.1. The number of nitrogens with zero attached hydrogens (tertiary/aromatic N) is 2. The first-order chi connectivity index (χ1) is 26.0. The minimum atomic E-state index is -0.147. The Hall–Kier alpha value is -6.16. The molecule has 228 valence electrons. The Bertz CT molecular complexity index is 3090. The van der Waals surface area contributed by atoms with Crippen LogP contribution in [0.1, 0.15) is 5.48 Å². The number of fused-ring (bicyclic) bond motifs is 7. The van der Waals surface area contributed by atoms with Crippen LogP contribution in [0.2, 0.25) is 0 Å². The van der Waals surface area contributed by atoms with Crippen LogP contribution in [0.5, 0.6) is 0 Å². The van der Waals surface area contributed by atoms with E-state index < -0.39 is 0 Å². The zero-order valence-electron chi connectivity index (χ0n) is 30.2. The number of hydrogen-bond acceptors (Lipinski definition) is 3. The molecule has 2 nitrogen and oxygen atoms in total. The van der Waals surface area contributed by atoms with Crippen molar-refractivity contribution in [1.29, 1.82) is 0 Å². The summed E-state index contributed by atoms with van der Waals surface area (Å²) in [7, 11) is 0. The lowest BCUT2D eigenvalue weighted by Gasteiger charge is -2.15. The Morgan fingerprint density at radius 1 is 0.429 bits per heavy atom. The van der Waals surface area contributed by atoms with Gasteiger partial charge in [0, 0.05) is 36.9 Å². The van der Waals surface area contributed by atoms with Crippen LogP contribution in [-0.4, -0.2) is 9.97 Å². The first-order valence-electron chi connectivity index (χ1n) is 18.3. The summed E-state index contributed by atoms with van der Waals surface area (Å²) in [5.41, 5.74) is 3.81. The van der Waals surface area contributed by atoms with Crippen molar-refractivity contribution in [3.8, 4) is 45.0 Å². The largest absolute Gasteiger partial charge is 0.228 e. The molecule has 0 radical (unpaired) electrons. The van der Waals surface area contributed by atoms with Gasteiger partial charge in [0.2, 0.25) is 0 Å². The molecule has 0 aliphatic carbocycles. The van der Waals surface area contributed by atoms with Crippen LogP contribution in [0, 0.1) is 0 Å².